The van der Waals surface area contributed by atoms with E-state index < -0.39 is 5.82 Å². The topological polar surface area (TPSA) is 61.9 Å². The molecular formula is C23H23FN4O. The highest BCUT2D eigenvalue weighted by Crippen LogP contribution is 2.28. The van der Waals surface area contributed by atoms with Gasteiger partial charge in [0.25, 0.3) is 0 Å². The number of rotatable bonds is 5. The van der Waals surface area contributed by atoms with E-state index in [-0.39, 0.29) is 17.9 Å². The second-order valence-electron chi connectivity index (χ2n) is 7.01. The van der Waals surface area contributed by atoms with Crippen molar-refractivity contribution >= 4 is 11.6 Å². The highest BCUT2D eigenvalue weighted by atomic mass is 19.1. The molecule has 3 rings (SSSR count). The summed E-state index contributed by atoms with van der Waals surface area (Å²) in [5.74, 6) is -0.673. The lowest BCUT2D eigenvalue weighted by Gasteiger charge is -2.23. The maximum Gasteiger partial charge on any atom is 0.227 e. The average molecular weight is 390 g/mol. The largest absolute Gasteiger partial charge is 0.308 e. The molecule has 0 fully saturated rings. The molecule has 0 spiro atoms. The average Bonchev–Trinajstić information content (AvgIpc) is 2.97. The third-order valence-electron chi connectivity index (χ3n) is 5.02. The lowest BCUT2D eigenvalue weighted by Crippen LogP contribution is -2.29. The number of amides is 1. The zero-order chi connectivity index (χ0) is 21.1. The first-order valence-corrected chi connectivity index (χ1v) is 9.44. The van der Waals surface area contributed by atoms with Crippen LogP contribution in [0.3, 0.4) is 0 Å². The standard InChI is InChI=1S/C23H23FN4O/c1-5-22(29)28(21-11-18(13-25)10-20(24)12-21)14-17-6-8-19(9-7-17)23-15(2)26-27(4)16(23)3/h6-12H,5,14H2,1-4H3. The predicted molar refractivity (Wildman–Crippen MR) is 111 cm³/mol. The summed E-state index contributed by atoms with van der Waals surface area (Å²) in [6.07, 6.45) is 0.282. The van der Waals surface area contributed by atoms with E-state index in [0.29, 0.717) is 12.2 Å². The van der Waals surface area contributed by atoms with Gasteiger partial charge in [-0.2, -0.15) is 10.4 Å². The Kier molecular flexibility index (Phi) is 5.79. The van der Waals surface area contributed by atoms with Gasteiger partial charge in [0, 0.05) is 30.4 Å². The molecule has 5 nitrogen and oxygen atoms in total. The highest BCUT2D eigenvalue weighted by Gasteiger charge is 2.17. The van der Waals surface area contributed by atoms with Gasteiger partial charge in [-0.1, -0.05) is 31.2 Å². The molecule has 1 heterocycles. The van der Waals surface area contributed by atoms with Crippen LogP contribution in [0.5, 0.6) is 0 Å². The molecule has 0 unspecified atom stereocenters. The van der Waals surface area contributed by atoms with Crippen molar-refractivity contribution in [3.05, 3.63) is 70.8 Å². The van der Waals surface area contributed by atoms with Gasteiger partial charge in [-0.15, -0.1) is 0 Å². The number of anilines is 1. The Labute approximate surface area is 170 Å². The number of carbonyl (C=O) groups excluding carboxylic acids is 1. The van der Waals surface area contributed by atoms with Crippen LogP contribution in [0, 0.1) is 31.0 Å². The van der Waals surface area contributed by atoms with Crippen molar-refractivity contribution in [3.63, 3.8) is 0 Å². The maximum atomic E-state index is 13.9. The molecule has 1 amide bonds. The minimum atomic E-state index is -0.536. The van der Waals surface area contributed by atoms with Crippen molar-refractivity contribution in [3.8, 4) is 17.2 Å². The second kappa shape index (κ2) is 8.27. The van der Waals surface area contributed by atoms with E-state index in [9.17, 15) is 9.18 Å². The zero-order valence-electron chi connectivity index (χ0n) is 17.0. The molecule has 148 valence electrons. The summed E-state index contributed by atoms with van der Waals surface area (Å²) < 4.78 is 15.8. The molecule has 29 heavy (non-hydrogen) atoms. The fraction of sp³-hybridized carbons (Fsp3) is 0.261. The molecule has 0 saturated carbocycles. The summed E-state index contributed by atoms with van der Waals surface area (Å²) in [7, 11) is 1.92. The Hall–Kier alpha value is -3.46. The fourth-order valence-corrected chi connectivity index (χ4v) is 3.46. The van der Waals surface area contributed by atoms with Crippen LogP contribution in [-0.4, -0.2) is 15.7 Å². The van der Waals surface area contributed by atoms with E-state index in [1.165, 1.54) is 17.0 Å². The molecule has 0 bridgehead atoms. The van der Waals surface area contributed by atoms with E-state index in [1.807, 2.05) is 55.9 Å². The summed E-state index contributed by atoms with van der Waals surface area (Å²) in [6, 6.07) is 13.8. The fourth-order valence-electron chi connectivity index (χ4n) is 3.46. The van der Waals surface area contributed by atoms with Gasteiger partial charge in [0.15, 0.2) is 0 Å². The first-order chi connectivity index (χ1) is 13.8. The molecule has 0 aliphatic carbocycles. The van der Waals surface area contributed by atoms with Gasteiger partial charge in [0.2, 0.25) is 5.91 Å². The Morgan fingerprint density at radius 3 is 2.45 bits per heavy atom. The summed E-state index contributed by atoms with van der Waals surface area (Å²) >= 11 is 0. The second-order valence-corrected chi connectivity index (χ2v) is 7.01. The molecule has 0 saturated heterocycles. The number of aryl methyl sites for hydroxylation is 2. The Balaban J connectivity index is 1.92. The van der Waals surface area contributed by atoms with E-state index >= 15 is 0 Å². The normalized spacial score (nSPS) is 10.6. The number of hydrogen-bond acceptors (Lipinski definition) is 3. The summed E-state index contributed by atoms with van der Waals surface area (Å²) in [5, 5.41) is 13.6. The number of aromatic nitrogens is 2. The zero-order valence-corrected chi connectivity index (χ0v) is 17.0. The lowest BCUT2D eigenvalue weighted by molar-refractivity contribution is -0.118. The van der Waals surface area contributed by atoms with Crippen molar-refractivity contribution in [2.45, 2.75) is 33.7 Å². The van der Waals surface area contributed by atoms with Gasteiger partial charge >= 0.3 is 0 Å². The van der Waals surface area contributed by atoms with E-state index in [1.54, 1.807) is 6.92 Å². The van der Waals surface area contributed by atoms with Crippen molar-refractivity contribution in [1.29, 1.82) is 5.26 Å². The number of halogens is 1. The molecule has 2 aromatic carbocycles. The summed E-state index contributed by atoms with van der Waals surface area (Å²) in [6.45, 7) is 6.07. The number of carbonyl (C=O) groups is 1. The smallest absolute Gasteiger partial charge is 0.227 e. The molecule has 0 aliphatic rings. The highest BCUT2D eigenvalue weighted by molar-refractivity contribution is 5.93. The molecular weight excluding hydrogens is 367 g/mol. The Bertz CT molecular complexity index is 1090. The number of benzene rings is 2. The minimum absolute atomic E-state index is 0.137. The van der Waals surface area contributed by atoms with Crippen LogP contribution in [0.1, 0.15) is 35.9 Å². The van der Waals surface area contributed by atoms with Crippen LogP contribution in [0.25, 0.3) is 11.1 Å². The summed E-state index contributed by atoms with van der Waals surface area (Å²) in [5.41, 5.74) is 5.69. The van der Waals surface area contributed by atoms with E-state index in [2.05, 4.69) is 5.10 Å². The van der Waals surface area contributed by atoms with Crippen LogP contribution in [0.15, 0.2) is 42.5 Å². The van der Waals surface area contributed by atoms with E-state index in [4.69, 9.17) is 5.26 Å². The quantitative estimate of drug-likeness (QED) is 0.637. The molecule has 0 N–H and O–H groups in total. The SMILES string of the molecule is CCC(=O)N(Cc1ccc(-c2c(C)nn(C)c2C)cc1)c1cc(F)cc(C#N)c1. The van der Waals surface area contributed by atoms with E-state index in [0.717, 1.165) is 34.1 Å². The Morgan fingerprint density at radius 2 is 1.90 bits per heavy atom. The van der Waals surface area contributed by atoms with Gasteiger partial charge < -0.3 is 4.90 Å². The first kappa shape index (κ1) is 20.3. The minimum Gasteiger partial charge on any atom is -0.308 e. The van der Waals surface area contributed by atoms with Crippen molar-refractivity contribution < 1.29 is 9.18 Å². The monoisotopic (exact) mass is 390 g/mol. The molecule has 3 aromatic rings. The van der Waals surface area contributed by atoms with Crippen molar-refractivity contribution in [1.82, 2.24) is 9.78 Å². The van der Waals surface area contributed by atoms with Crippen LogP contribution in [0.2, 0.25) is 0 Å². The maximum absolute atomic E-state index is 13.9. The molecule has 0 atom stereocenters. The van der Waals surface area contributed by atoms with Crippen LogP contribution in [0.4, 0.5) is 10.1 Å². The van der Waals surface area contributed by atoms with Crippen LogP contribution >= 0.6 is 0 Å². The first-order valence-electron chi connectivity index (χ1n) is 9.44. The molecule has 0 aliphatic heterocycles. The van der Waals surface area contributed by atoms with Crippen LogP contribution < -0.4 is 4.90 Å². The number of nitriles is 1. The van der Waals surface area contributed by atoms with Gasteiger partial charge in [0.1, 0.15) is 5.82 Å². The third kappa shape index (κ3) is 4.19. The number of hydrogen-bond donors (Lipinski definition) is 0. The molecule has 0 radical (unpaired) electrons. The number of nitrogens with zero attached hydrogens (tertiary/aromatic N) is 4. The van der Waals surface area contributed by atoms with Gasteiger partial charge in [-0.3, -0.25) is 9.48 Å². The molecule has 1 aromatic heterocycles. The van der Waals surface area contributed by atoms with Crippen molar-refractivity contribution in [2.24, 2.45) is 7.05 Å². The van der Waals surface area contributed by atoms with Crippen molar-refractivity contribution in [2.75, 3.05) is 4.90 Å². The van der Waals surface area contributed by atoms with Gasteiger partial charge in [0.05, 0.1) is 23.9 Å². The lowest BCUT2D eigenvalue weighted by atomic mass is 10.0. The molecule has 6 heteroatoms. The Morgan fingerprint density at radius 1 is 1.21 bits per heavy atom. The van der Waals surface area contributed by atoms with Gasteiger partial charge in [-0.05, 0) is 43.2 Å². The summed E-state index contributed by atoms with van der Waals surface area (Å²) in [4.78, 5) is 14.0. The van der Waals surface area contributed by atoms with Crippen LogP contribution in [-0.2, 0) is 18.4 Å². The predicted octanol–water partition coefficient (Wildman–Crippen LogP) is 4.66. The van der Waals surface area contributed by atoms with Gasteiger partial charge in [-0.25, -0.2) is 4.39 Å². The third-order valence-corrected chi connectivity index (χ3v) is 5.02.